The van der Waals surface area contributed by atoms with Crippen LogP contribution in [0.2, 0.25) is 0 Å². The Morgan fingerprint density at radius 1 is 0.854 bits per heavy atom. The van der Waals surface area contributed by atoms with Crippen molar-refractivity contribution >= 4 is 11.8 Å². The molecule has 0 aromatic heterocycles. The van der Waals surface area contributed by atoms with Crippen molar-refractivity contribution in [2.24, 2.45) is 11.8 Å². The second-order valence-corrected chi connectivity index (χ2v) is 13.0. The molecule has 2 bridgehead atoms. The molecule has 4 aliphatic heterocycles. The van der Waals surface area contributed by atoms with Crippen LogP contribution in [0.1, 0.15) is 71.3 Å². The van der Waals surface area contributed by atoms with Gasteiger partial charge >= 0.3 is 25.0 Å². The van der Waals surface area contributed by atoms with Crippen LogP contribution < -0.4 is 28.5 Å². The van der Waals surface area contributed by atoms with Crippen LogP contribution in [0.25, 0.3) is 0 Å². The minimum absolute atomic E-state index is 0. The molecule has 4 heterocycles. The van der Waals surface area contributed by atoms with Crippen LogP contribution in [0, 0.1) is 18.4 Å². The van der Waals surface area contributed by atoms with E-state index < -0.39 is 11.7 Å². The first-order valence-electron chi connectivity index (χ1n) is 15.3. The van der Waals surface area contributed by atoms with E-state index in [4.69, 9.17) is 9.47 Å². The van der Waals surface area contributed by atoms with E-state index in [0.29, 0.717) is 5.69 Å². The first kappa shape index (κ1) is 31.8. The molecule has 2 aromatic rings. The maximum atomic E-state index is 12.6. The van der Waals surface area contributed by atoms with Gasteiger partial charge in [-0.05, 0) is 102 Å². The number of carbonyl (C=O) groups excluding carboxylic acids is 1. The van der Waals surface area contributed by atoms with Crippen LogP contribution in [-0.4, -0.2) is 66.9 Å². The van der Waals surface area contributed by atoms with Crippen molar-refractivity contribution < 1.29 is 33.1 Å². The van der Waals surface area contributed by atoms with Crippen molar-refractivity contribution in [1.82, 2.24) is 9.80 Å². The molecule has 4 saturated heterocycles. The summed E-state index contributed by atoms with van der Waals surface area (Å²) in [5, 5.41) is 0. The van der Waals surface area contributed by atoms with Gasteiger partial charge in [0, 0.05) is 30.9 Å². The molecular weight excluding hydrogens is 505 g/mol. The molecule has 0 spiro atoms. The molecule has 0 radical (unpaired) electrons. The molecule has 218 valence electrons. The Labute approximate surface area is 259 Å². The van der Waals surface area contributed by atoms with E-state index >= 15 is 0 Å². The number of nitrogens with zero attached hydrogens (tertiary/aromatic N) is 3. The largest absolute Gasteiger partial charge is 1.00 e. The molecule has 4 aliphatic rings. The zero-order chi connectivity index (χ0) is 28.1. The van der Waals surface area contributed by atoms with Gasteiger partial charge in [0.1, 0.15) is 11.4 Å². The fraction of sp³-hybridized carbons (Fsp3) is 0.588. The first-order chi connectivity index (χ1) is 19.3. The number of benzene rings is 2. The number of methoxy groups -OCH3 is 1. The Hall–Kier alpha value is -2.10. The molecule has 6 nitrogen and oxygen atoms in total. The third-order valence-electron chi connectivity index (χ3n) is 8.98. The third kappa shape index (κ3) is 8.26. The van der Waals surface area contributed by atoms with E-state index in [1.54, 1.807) is 20.1 Å². The monoisotopic (exact) mass is 553 g/mol. The van der Waals surface area contributed by atoms with Gasteiger partial charge in [0.25, 0.3) is 0 Å². The van der Waals surface area contributed by atoms with Crippen molar-refractivity contribution in [2.45, 2.75) is 83.4 Å². The smallest absolute Gasteiger partial charge is 0.497 e. The molecular formula is C34H48LiN3O3. The summed E-state index contributed by atoms with van der Waals surface area (Å²) in [6.07, 6.45) is 10.0. The molecule has 1 amide bonds. The maximum Gasteiger partial charge on any atom is 1.00 e. The number of rotatable bonds is 4. The van der Waals surface area contributed by atoms with E-state index in [9.17, 15) is 4.79 Å². The average molecular weight is 554 g/mol. The molecule has 0 N–H and O–H groups in total. The first-order valence-corrected chi connectivity index (χ1v) is 15.3. The van der Waals surface area contributed by atoms with E-state index in [-0.39, 0.29) is 18.9 Å². The number of carbonyl (C=O) groups is 1. The normalized spacial score (nSPS) is 25.7. The molecule has 2 aromatic carbocycles. The van der Waals surface area contributed by atoms with Crippen LogP contribution in [-0.2, 0) is 4.74 Å². The average Bonchev–Trinajstić information content (AvgIpc) is 2.96. The van der Waals surface area contributed by atoms with Crippen molar-refractivity contribution in [2.75, 3.05) is 38.2 Å². The Bertz CT molecular complexity index is 1060. The van der Waals surface area contributed by atoms with Crippen molar-refractivity contribution in [3.05, 3.63) is 66.7 Å². The van der Waals surface area contributed by atoms with Gasteiger partial charge in [-0.1, -0.05) is 25.5 Å². The number of fused-ring (bicyclic) bond motifs is 6. The number of anilines is 1. The predicted molar refractivity (Wildman–Crippen MR) is 162 cm³/mol. The topological polar surface area (TPSA) is 45.2 Å². The quantitative estimate of drug-likeness (QED) is 0.423. The minimum Gasteiger partial charge on any atom is -0.497 e. The molecule has 4 fully saturated rings. The fourth-order valence-electron chi connectivity index (χ4n) is 7.23. The zero-order valence-electron chi connectivity index (χ0n) is 25.9. The zero-order valence-corrected chi connectivity index (χ0v) is 25.9. The standard InChI is InChI=1S/C19H22NO3.C15H26N2.Li/c1-19(2,3)23-18(21)20(14-15-8-6-5-7-9-15)16-10-12-17(22-4)13-11-16;1-3-7-16-11-13-9-12(14(16)5-1)10-17-8-4-2-6-15(13)17;/h5-14H,1-4H3;12-15H,1-11H2;/q-1;;+1/t;12-,13+,14+,15-;. The molecule has 0 aliphatic carbocycles. The van der Waals surface area contributed by atoms with Gasteiger partial charge in [0.05, 0.1) is 7.11 Å². The Kier molecular flexibility index (Phi) is 11.2. The van der Waals surface area contributed by atoms with E-state index in [2.05, 4.69) is 9.80 Å². The Morgan fingerprint density at radius 2 is 1.41 bits per heavy atom. The molecule has 0 unspecified atom stereocenters. The second-order valence-electron chi connectivity index (χ2n) is 13.0. The molecule has 0 saturated carbocycles. The SMILES string of the molecule is C1CCN2C[C@H]3C[C@@H](CN4CCCC[C@@H]34)[C@H]2C1.COc1ccc(N([CH-]c2ccccc2)C(=O)OC(C)(C)C)cc1.[Li+]. The molecule has 4 atom stereocenters. The van der Waals surface area contributed by atoms with Gasteiger partial charge in [0.2, 0.25) is 0 Å². The summed E-state index contributed by atoms with van der Waals surface area (Å²) in [6.45, 7) is 13.0. The van der Waals surface area contributed by atoms with Gasteiger partial charge in [-0.3, -0.25) is 9.80 Å². The number of piperidine rings is 4. The summed E-state index contributed by atoms with van der Waals surface area (Å²) >= 11 is 0. The van der Waals surface area contributed by atoms with E-state index in [0.717, 1.165) is 35.2 Å². The summed E-state index contributed by atoms with van der Waals surface area (Å²) in [5.74, 6) is 2.77. The number of hydrogen-bond acceptors (Lipinski definition) is 5. The van der Waals surface area contributed by atoms with Gasteiger partial charge in [-0.15, -0.1) is 12.1 Å². The van der Waals surface area contributed by atoms with Crippen LogP contribution in [0.3, 0.4) is 0 Å². The van der Waals surface area contributed by atoms with Crippen molar-refractivity contribution in [3.8, 4) is 5.75 Å². The van der Waals surface area contributed by atoms with Gasteiger partial charge < -0.3 is 14.4 Å². The number of amides is 1. The second kappa shape index (κ2) is 14.4. The van der Waals surface area contributed by atoms with Crippen LogP contribution in [0.15, 0.2) is 54.6 Å². The van der Waals surface area contributed by atoms with Gasteiger partial charge in [0.15, 0.2) is 0 Å². The summed E-state index contributed by atoms with van der Waals surface area (Å²) in [6, 6.07) is 18.8. The summed E-state index contributed by atoms with van der Waals surface area (Å²) < 4.78 is 10.7. The van der Waals surface area contributed by atoms with Gasteiger partial charge in [-0.25, -0.2) is 4.79 Å². The van der Waals surface area contributed by atoms with E-state index in [1.165, 1.54) is 69.6 Å². The van der Waals surface area contributed by atoms with Crippen molar-refractivity contribution in [1.29, 1.82) is 0 Å². The summed E-state index contributed by atoms with van der Waals surface area (Å²) in [5.41, 5.74) is 1.06. The predicted octanol–water partition coefficient (Wildman–Crippen LogP) is 4.00. The maximum absolute atomic E-state index is 12.6. The Morgan fingerprint density at radius 3 is 1.93 bits per heavy atom. The molecule has 6 rings (SSSR count). The number of ether oxygens (including phenoxy) is 2. The molecule has 7 heteroatoms. The Balaban J connectivity index is 0.000000191. The minimum atomic E-state index is -0.563. The molecule has 41 heavy (non-hydrogen) atoms. The summed E-state index contributed by atoms with van der Waals surface area (Å²) in [4.78, 5) is 19.8. The van der Waals surface area contributed by atoms with Crippen LogP contribution in [0.4, 0.5) is 10.5 Å². The van der Waals surface area contributed by atoms with Crippen LogP contribution in [0.5, 0.6) is 5.75 Å². The third-order valence-corrected chi connectivity index (χ3v) is 8.98. The van der Waals surface area contributed by atoms with Crippen molar-refractivity contribution in [3.63, 3.8) is 0 Å². The van der Waals surface area contributed by atoms with E-state index in [1.807, 2.05) is 75.4 Å². The fourth-order valence-corrected chi connectivity index (χ4v) is 7.23. The summed E-state index contributed by atoms with van der Waals surface area (Å²) in [7, 11) is 1.61. The van der Waals surface area contributed by atoms with Crippen LogP contribution >= 0.6 is 0 Å². The number of hydrogen-bond donors (Lipinski definition) is 0. The van der Waals surface area contributed by atoms with Gasteiger partial charge in [-0.2, -0.15) is 17.7 Å².